The van der Waals surface area contributed by atoms with Crippen molar-refractivity contribution in [3.63, 3.8) is 0 Å². The molecule has 0 saturated heterocycles. The summed E-state index contributed by atoms with van der Waals surface area (Å²) in [5.41, 5.74) is 2.20. The van der Waals surface area contributed by atoms with Gasteiger partial charge in [-0.2, -0.15) is 0 Å². The Morgan fingerprint density at radius 1 is 1.45 bits per heavy atom. The summed E-state index contributed by atoms with van der Waals surface area (Å²) in [4.78, 5) is 8.07. The molecule has 1 aliphatic rings. The monoisotopic (exact) mass is 478 g/mol. The van der Waals surface area contributed by atoms with Gasteiger partial charge in [0.25, 0.3) is 10.0 Å². The normalized spacial score (nSPS) is 18.1. The molecule has 164 valence electrons. The van der Waals surface area contributed by atoms with Crippen LogP contribution in [-0.4, -0.2) is 38.8 Å². The molecule has 10 heteroatoms. The lowest BCUT2D eigenvalue weighted by molar-refractivity contribution is 0.131. The number of benzene rings is 1. The maximum absolute atomic E-state index is 12.6. The van der Waals surface area contributed by atoms with E-state index in [1.807, 2.05) is 0 Å². The van der Waals surface area contributed by atoms with Crippen LogP contribution >= 0.6 is 22.9 Å². The van der Waals surface area contributed by atoms with Gasteiger partial charge in [0, 0.05) is 54.1 Å². The van der Waals surface area contributed by atoms with E-state index in [0.29, 0.717) is 22.1 Å². The van der Waals surface area contributed by atoms with Crippen molar-refractivity contribution >= 4 is 50.0 Å². The molecule has 0 bridgehead atoms. The van der Waals surface area contributed by atoms with Gasteiger partial charge >= 0.3 is 0 Å². The minimum Gasteiger partial charge on any atom is -0.388 e. The Morgan fingerprint density at radius 3 is 2.87 bits per heavy atom. The number of sulfonamides is 1. The van der Waals surface area contributed by atoms with Crippen molar-refractivity contribution in [2.45, 2.75) is 12.5 Å². The minimum atomic E-state index is -3.72. The highest BCUT2D eigenvalue weighted by molar-refractivity contribution is 7.96. The average molecular weight is 479 g/mol. The molecule has 3 N–H and O–H groups in total. The van der Waals surface area contributed by atoms with E-state index in [4.69, 9.17) is 11.6 Å². The lowest BCUT2D eigenvalue weighted by Gasteiger charge is -2.25. The van der Waals surface area contributed by atoms with Gasteiger partial charge in [0.15, 0.2) is 5.13 Å². The van der Waals surface area contributed by atoms with E-state index < -0.39 is 16.1 Å². The summed E-state index contributed by atoms with van der Waals surface area (Å²) in [5, 5.41) is 16.7. The molecular formula is C21H23ClN4O3S2. The third kappa shape index (κ3) is 5.62. The van der Waals surface area contributed by atoms with Crippen molar-refractivity contribution in [2.75, 3.05) is 18.8 Å². The van der Waals surface area contributed by atoms with Gasteiger partial charge in [0.05, 0.1) is 11.0 Å². The summed E-state index contributed by atoms with van der Waals surface area (Å²) < 4.78 is 27.6. The SMILES string of the molecule is C/N=C\C=C(/NC)c1cc(Cl)ccc1C(O)C1C=CC(S(=O)(=O)Nc2nccs2)=CC1. The number of nitrogens with zero attached hydrogens (tertiary/aromatic N) is 2. The number of thiazole rings is 1. The maximum atomic E-state index is 12.6. The van der Waals surface area contributed by atoms with Crippen LogP contribution in [-0.2, 0) is 10.0 Å². The molecule has 1 aromatic heterocycles. The van der Waals surface area contributed by atoms with E-state index in [-0.39, 0.29) is 10.8 Å². The molecule has 0 amide bonds. The molecule has 0 radical (unpaired) electrons. The fraction of sp³-hybridized carbons (Fsp3) is 0.238. The van der Waals surface area contributed by atoms with Crippen LogP contribution in [0.25, 0.3) is 5.70 Å². The highest BCUT2D eigenvalue weighted by Crippen LogP contribution is 2.35. The molecule has 1 heterocycles. The molecule has 2 unspecified atom stereocenters. The maximum Gasteiger partial charge on any atom is 0.263 e. The third-order valence-electron chi connectivity index (χ3n) is 4.75. The molecule has 7 nitrogen and oxygen atoms in total. The van der Waals surface area contributed by atoms with Crippen LogP contribution in [0.1, 0.15) is 23.7 Å². The summed E-state index contributed by atoms with van der Waals surface area (Å²) in [7, 11) is -0.270. The van der Waals surface area contributed by atoms with E-state index in [9.17, 15) is 13.5 Å². The molecule has 2 aromatic rings. The lowest BCUT2D eigenvalue weighted by Crippen LogP contribution is -2.19. The van der Waals surface area contributed by atoms with E-state index >= 15 is 0 Å². The van der Waals surface area contributed by atoms with Gasteiger partial charge < -0.3 is 10.4 Å². The Morgan fingerprint density at radius 2 is 2.26 bits per heavy atom. The average Bonchev–Trinajstić information content (AvgIpc) is 3.26. The van der Waals surface area contributed by atoms with Crippen LogP contribution in [0, 0.1) is 5.92 Å². The van der Waals surface area contributed by atoms with Gasteiger partial charge in [-0.1, -0.05) is 29.8 Å². The Kier molecular flexibility index (Phi) is 7.66. The largest absolute Gasteiger partial charge is 0.388 e. The zero-order chi connectivity index (χ0) is 22.4. The molecular weight excluding hydrogens is 456 g/mol. The highest BCUT2D eigenvalue weighted by Gasteiger charge is 2.26. The quantitative estimate of drug-likeness (QED) is 0.497. The van der Waals surface area contributed by atoms with Crippen LogP contribution in [0.5, 0.6) is 0 Å². The van der Waals surface area contributed by atoms with Gasteiger partial charge in [0.2, 0.25) is 0 Å². The molecule has 0 aliphatic heterocycles. The first-order valence-electron chi connectivity index (χ1n) is 9.44. The molecule has 1 aromatic carbocycles. The second-order valence-electron chi connectivity index (χ2n) is 6.72. The molecule has 0 spiro atoms. The fourth-order valence-electron chi connectivity index (χ4n) is 3.21. The Labute approximate surface area is 191 Å². The van der Waals surface area contributed by atoms with Crippen molar-refractivity contribution in [2.24, 2.45) is 10.9 Å². The van der Waals surface area contributed by atoms with Crippen LogP contribution in [0.4, 0.5) is 5.13 Å². The highest BCUT2D eigenvalue weighted by atomic mass is 35.5. The topological polar surface area (TPSA) is 104 Å². The summed E-state index contributed by atoms with van der Waals surface area (Å²) in [6.07, 6.45) is 9.33. The number of hydrogen-bond acceptors (Lipinski definition) is 7. The second kappa shape index (κ2) is 10.2. The molecule has 1 aliphatic carbocycles. The first kappa shape index (κ1) is 23.2. The summed E-state index contributed by atoms with van der Waals surface area (Å²) >= 11 is 7.40. The van der Waals surface area contributed by atoms with Crippen molar-refractivity contribution in [1.29, 1.82) is 0 Å². The standard InChI is InChI=1S/C21H23ClN4O3S2/c1-23-10-9-19(24-2)18-13-15(22)5-8-17(18)20(27)14-3-6-16(7-4-14)31(28,29)26-21-25-11-12-30-21/h3,5-14,20,24,27H,4H2,1-2H3,(H,25,26)/b19-9-,23-10-. The van der Waals surface area contributed by atoms with Gasteiger partial charge in [0.1, 0.15) is 0 Å². The summed E-state index contributed by atoms with van der Waals surface area (Å²) in [6, 6.07) is 5.29. The fourth-order valence-corrected chi connectivity index (χ4v) is 5.25. The van der Waals surface area contributed by atoms with E-state index in [1.54, 1.807) is 62.1 Å². The number of aliphatic imine (C=N–C) groups is 1. The minimum absolute atomic E-state index is 0.150. The molecule has 2 atom stereocenters. The molecule has 0 saturated carbocycles. The number of aliphatic hydroxyl groups is 1. The number of hydrogen-bond donors (Lipinski definition) is 3. The van der Waals surface area contributed by atoms with Crippen LogP contribution in [0.3, 0.4) is 0 Å². The first-order valence-corrected chi connectivity index (χ1v) is 12.2. The van der Waals surface area contributed by atoms with Crippen LogP contribution in [0.15, 0.2) is 64.0 Å². The Hall–Kier alpha value is -2.46. The summed E-state index contributed by atoms with van der Waals surface area (Å²) in [5.74, 6) is -0.295. The molecule has 3 rings (SSSR count). The van der Waals surface area contributed by atoms with Crippen LogP contribution < -0.4 is 10.0 Å². The van der Waals surface area contributed by atoms with Crippen LogP contribution in [0.2, 0.25) is 5.02 Å². The van der Waals surface area contributed by atoms with Crippen molar-refractivity contribution in [1.82, 2.24) is 10.3 Å². The molecule has 31 heavy (non-hydrogen) atoms. The second-order valence-corrected chi connectivity index (χ2v) is 9.74. The Bertz CT molecular complexity index is 1140. The predicted octanol–water partition coefficient (Wildman–Crippen LogP) is 3.99. The number of anilines is 1. The van der Waals surface area contributed by atoms with Crippen molar-refractivity contribution < 1.29 is 13.5 Å². The van der Waals surface area contributed by atoms with E-state index in [1.165, 1.54) is 23.6 Å². The lowest BCUT2D eigenvalue weighted by atomic mass is 9.87. The van der Waals surface area contributed by atoms with E-state index in [2.05, 4.69) is 20.0 Å². The van der Waals surface area contributed by atoms with Gasteiger partial charge in [-0.3, -0.25) is 9.71 Å². The van der Waals surface area contributed by atoms with E-state index in [0.717, 1.165) is 11.3 Å². The number of nitrogens with one attached hydrogen (secondary N) is 2. The van der Waals surface area contributed by atoms with Crippen molar-refractivity contribution in [3.8, 4) is 0 Å². The van der Waals surface area contributed by atoms with Gasteiger partial charge in [-0.15, -0.1) is 11.3 Å². The Balaban J connectivity index is 1.83. The number of halogens is 1. The van der Waals surface area contributed by atoms with Gasteiger partial charge in [-0.25, -0.2) is 13.4 Å². The number of rotatable bonds is 8. The summed E-state index contributed by atoms with van der Waals surface area (Å²) in [6.45, 7) is 0. The zero-order valence-corrected chi connectivity index (χ0v) is 19.4. The van der Waals surface area contributed by atoms with Crippen molar-refractivity contribution in [3.05, 3.63) is 75.1 Å². The number of aromatic nitrogens is 1. The predicted molar refractivity (Wildman–Crippen MR) is 128 cm³/mol. The molecule has 0 fully saturated rings. The smallest absolute Gasteiger partial charge is 0.263 e. The number of allylic oxidation sites excluding steroid dienone is 3. The third-order valence-corrected chi connectivity index (χ3v) is 7.19. The zero-order valence-electron chi connectivity index (χ0n) is 17.0. The number of aliphatic hydroxyl groups excluding tert-OH is 1. The first-order chi connectivity index (χ1) is 14.9. The van der Waals surface area contributed by atoms with Gasteiger partial charge in [-0.05, 0) is 36.3 Å².